The van der Waals surface area contributed by atoms with Crippen molar-refractivity contribution in [2.24, 2.45) is 11.8 Å². The first-order valence-corrected chi connectivity index (χ1v) is 36.8. The molecule has 0 aromatic carbocycles. The molecule has 0 amide bonds. The average molecular weight is 1210 g/mol. The first kappa shape index (κ1) is 69.2. The summed E-state index contributed by atoms with van der Waals surface area (Å²) >= 11 is 7.97. The van der Waals surface area contributed by atoms with Gasteiger partial charge in [-0.3, -0.25) is 9.36 Å². The molecule has 4 rings (SSSR count). The van der Waals surface area contributed by atoms with Crippen LogP contribution in [0, 0.1) is 11.8 Å². The smallest absolute Gasteiger partial charge is 0.260 e. The summed E-state index contributed by atoms with van der Waals surface area (Å²) in [5, 5.41) is 4.25. The summed E-state index contributed by atoms with van der Waals surface area (Å²) in [5.74, 6) is 1.69. The molecule has 0 saturated carbocycles. The van der Waals surface area contributed by atoms with E-state index in [1.165, 1.54) is 331 Å². The lowest BCUT2D eigenvalue weighted by atomic mass is 9.88. The number of aromatic nitrogens is 2. The molecule has 1 aliphatic rings. The Morgan fingerprint density at radius 2 is 0.744 bits per heavy atom. The van der Waals surface area contributed by atoms with Crippen molar-refractivity contribution < 1.29 is 0 Å². The molecule has 0 fully saturated rings. The SMILES string of the molecule is C=c1c2c(CCCCC(CCCCCCCCCCCC)CCCCCCCCCCCC)c3n(c(=O)c2c(CCCCC(CCCCCCCCCCCC)CCCCCCCCCCCC)c2ccc(Br)n12)C(Br)CC=3. The summed E-state index contributed by atoms with van der Waals surface area (Å²) in [4.78, 5) is 15.1. The Labute approximate surface area is 500 Å². The van der Waals surface area contributed by atoms with Crippen LogP contribution in [0.2, 0.25) is 0 Å². The lowest BCUT2D eigenvalue weighted by molar-refractivity contribution is 0.368. The third-order valence-corrected chi connectivity index (χ3v) is 20.2. The van der Waals surface area contributed by atoms with Gasteiger partial charge in [0.15, 0.2) is 0 Å². The van der Waals surface area contributed by atoms with Gasteiger partial charge in [0.25, 0.3) is 5.56 Å². The van der Waals surface area contributed by atoms with Crippen LogP contribution in [0.5, 0.6) is 0 Å². The predicted octanol–water partition coefficient (Wildman–Crippen LogP) is 24.4. The highest BCUT2D eigenvalue weighted by molar-refractivity contribution is 9.10. The molecule has 3 aromatic heterocycles. The van der Waals surface area contributed by atoms with Crippen molar-refractivity contribution in [1.82, 2.24) is 8.97 Å². The molecule has 4 heterocycles. The molecule has 1 atom stereocenters. The number of alkyl halides is 1. The predicted molar refractivity (Wildman–Crippen MR) is 357 cm³/mol. The van der Waals surface area contributed by atoms with Gasteiger partial charge in [0.05, 0.1) is 20.5 Å². The van der Waals surface area contributed by atoms with Gasteiger partial charge in [-0.1, -0.05) is 364 Å². The minimum absolute atomic E-state index is 0.0165. The molecule has 0 spiro atoms. The van der Waals surface area contributed by atoms with Gasteiger partial charge in [-0.25, -0.2) is 0 Å². The molecular weight excluding hydrogens is 1080 g/mol. The van der Waals surface area contributed by atoms with Gasteiger partial charge in [-0.2, -0.15) is 0 Å². The topological polar surface area (TPSA) is 26.4 Å². The second-order valence-electron chi connectivity index (χ2n) is 25.6. The fourth-order valence-corrected chi connectivity index (χ4v) is 15.0. The van der Waals surface area contributed by atoms with Crippen LogP contribution in [0.3, 0.4) is 0 Å². The van der Waals surface area contributed by atoms with Crippen LogP contribution in [-0.4, -0.2) is 8.97 Å². The quantitative estimate of drug-likeness (QED) is 0.0409. The highest BCUT2D eigenvalue weighted by Crippen LogP contribution is 2.32. The van der Waals surface area contributed by atoms with E-state index in [1.807, 2.05) is 0 Å². The number of hydrogen-bond donors (Lipinski definition) is 0. The first-order valence-electron chi connectivity index (χ1n) is 35.1. The van der Waals surface area contributed by atoms with E-state index < -0.39 is 0 Å². The van der Waals surface area contributed by atoms with E-state index in [0.717, 1.165) is 63.6 Å². The van der Waals surface area contributed by atoms with E-state index in [4.69, 9.17) is 6.58 Å². The van der Waals surface area contributed by atoms with E-state index in [9.17, 15) is 0 Å². The van der Waals surface area contributed by atoms with Crippen molar-refractivity contribution in [3.05, 3.63) is 48.9 Å². The van der Waals surface area contributed by atoms with Crippen LogP contribution in [0.15, 0.2) is 21.5 Å². The monoisotopic (exact) mass is 1200 g/mol. The number of pyridine rings is 2. The van der Waals surface area contributed by atoms with E-state index in [0.29, 0.717) is 0 Å². The zero-order chi connectivity index (χ0) is 55.7. The standard InChI is InChI=1S/C73H126Br2N2O/c1-6-10-14-18-22-26-30-34-38-42-50-63(51-43-39-35-31-27-23-19-15-11-7-2)54-46-48-56-65-68-59-61-70(75)77(68)73(78)72-66(67-58-60-69(74)76(67)62(5)71(65)72)57-49-47-55-64(52-44-40-36-32-28-24-20-16-12-8-3)53-45-41-37-33-29-25-21-17-13-9-4/h58-60,63-64,70H,5-57,61H2,1-4H3. The van der Waals surface area contributed by atoms with Crippen LogP contribution in [0.1, 0.15) is 371 Å². The van der Waals surface area contributed by atoms with Crippen molar-refractivity contribution in [2.75, 3.05) is 0 Å². The number of unbranched alkanes of at least 4 members (excludes halogenated alkanes) is 38. The summed E-state index contributed by atoms with van der Waals surface area (Å²) < 4.78 is 5.52. The van der Waals surface area contributed by atoms with Crippen LogP contribution < -0.4 is 16.3 Å². The van der Waals surface area contributed by atoms with Crippen molar-refractivity contribution in [3.8, 4) is 0 Å². The molecule has 0 N–H and O–H groups in total. The normalized spacial score (nSPS) is 13.6. The molecular formula is C73H126Br2N2O. The second kappa shape index (κ2) is 45.1. The molecule has 1 unspecified atom stereocenters. The van der Waals surface area contributed by atoms with Gasteiger partial charge in [-0.15, -0.1) is 0 Å². The van der Waals surface area contributed by atoms with E-state index in [1.54, 1.807) is 0 Å². The van der Waals surface area contributed by atoms with Crippen molar-refractivity contribution in [2.45, 2.75) is 373 Å². The molecule has 448 valence electrons. The van der Waals surface area contributed by atoms with Gasteiger partial charge < -0.3 is 4.40 Å². The highest BCUT2D eigenvalue weighted by atomic mass is 79.9. The van der Waals surface area contributed by atoms with Crippen LogP contribution >= 0.6 is 31.9 Å². The Hall–Kier alpha value is -1.33. The molecule has 78 heavy (non-hydrogen) atoms. The second-order valence-corrected chi connectivity index (χ2v) is 27.4. The summed E-state index contributed by atoms with van der Waals surface area (Å²) in [7, 11) is 0. The number of aryl methyl sites for hydroxylation is 2. The molecule has 5 heteroatoms. The van der Waals surface area contributed by atoms with Crippen LogP contribution in [0.25, 0.3) is 28.9 Å². The maximum atomic E-state index is 15.0. The summed E-state index contributed by atoms with van der Waals surface area (Å²) in [5.41, 5.74) is 3.98. The number of nitrogens with zero attached hydrogens (tertiary/aromatic N) is 2. The highest BCUT2D eigenvalue weighted by Gasteiger charge is 2.25. The van der Waals surface area contributed by atoms with E-state index in [2.05, 4.69) is 86.7 Å². The third kappa shape index (κ3) is 26.9. The maximum absolute atomic E-state index is 15.0. The molecule has 3 aromatic rings. The Kier molecular flexibility index (Phi) is 40.0. The Morgan fingerprint density at radius 3 is 1.09 bits per heavy atom. The lowest BCUT2D eigenvalue weighted by Crippen LogP contribution is -2.37. The van der Waals surface area contributed by atoms with Crippen molar-refractivity contribution in [3.63, 3.8) is 0 Å². The van der Waals surface area contributed by atoms with Crippen LogP contribution in [-0.2, 0) is 12.8 Å². The molecule has 0 bridgehead atoms. The molecule has 0 aliphatic carbocycles. The van der Waals surface area contributed by atoms with Crippen molar-refractivity contribution in [1.29, 1.82) is 0 Å². The van der Waals surface area contributed by atoms with Crippen LogP contribution in [0.4, 0.5) is 0 Å². The third-order valence-electron chi connectivity index (χ3n) is 18.8. The Morgan fingerprint density at radius 1 is 0.436 bits per heavy atom. The Balaban J connectivity index is 1.42. The van der Waals surface area contributed by atoms with E-state index in [-0.39, 0.29) is 10.5 Å². The fourth-order valence-electron chi connectivity index (χ4n) is 13.9. The maximum Gasteiger partial charge on any atom is 0.260 e. The van der Waals surface area contributed by atoms with Gasteiger partial charge in [0.1, 0.15) is 0 Å². The Bertz CT molecular complexity index is 2070. The minimum atomic E-state index is 0.0165. The van der Waals surface area contributed by atoms with Gasteiger partial charge in [-0.05, 0) is 83.1 Å². The summed E-state index contributed by atoms with van der Waals surface area (Å²) in [6, 6.07) is 4.44. The fraction of sp³-hybridized carbons (Fsp3) is 0.822. The molecule has 0 radical (unpaired) electrons. The summed E-state index contributed by atoms with van der Waals surface area (Å²) in [6.07, 6.45) is 75.0. The van der Waals surface area contributed by atoms with E-state index >= 15 is 4.79 Å². The van der Waals surface area contributed by atoms with Gasteiger partial charge >= 0.3 is 0 Å². The molecule has 1 aliphatic heterocycles. The number of rotatable bonds is 54. The molecule has 0 saturated heterocycles. The lowest BCUT2D eigenvalue weighted by Gasteiger charge is -2.20. The van der Waals surface area contributed by atoms with Gasteiger partial charge in [0.2, 0.25) is 0 Å². The number of halogens is 2. The number of hydrogen-bond acceptors (Lipinski definition) is 1. The number of fused-ring (bicyclic) bond motifs is 3. The zero-order valence-corrected chi connectivity index (χ0v) is 55.4. The summed E-state index contributed by atoms with van der Waals surface area (Å²) in [6.45, 7) is 14.1. The largest absolute Gasteiger partial charge is 0.304 e. The molecule has 3 nitrogen and oxygen atoms in total. The first-order chi connectivity index (χ1) is 38.4. The average Bonchev–Trinajstić information content (AvgIpc) is 4.22. The minimum Gasteiger partial charge on any atom is -0.304 e. The zero-order valence-electron chi connectivity index (χ0n) is 52.2. The van der Waals surface area contributed by atoms with Gasteiger partial charge in [0, 0.05) is 16.1 Å². The van der Waals surface area contributed by atoms with Crippen molar-refractivity contribution >= 4 is 60.8 Å².